The average Bonchev–Trinajstić information content (AvgIpc) is 3.01. The van der Waals surface area contributed by atoms with Crippen molar-refractivity contribution in [2.45, 2.75) is 32.5 Å². The first kappa shape index (κ1) is 18.6. The maximum Gasteiger partial charge on any atom is 0.123 e. The fourth-order valence-electron chi connectivity index (χ4n) is 2.65. The van der Waals surface area contributed by atoms with Crippen molar-refractivity contribution in [1.29, 1.82) is 0 Å². The zero-order valence-electron chi connectivity index (χ0n) is 14.5. The molecule has 0 aliphatic rings. The minimum absolute atomic E-state index is 0.217. The summed E-state index contributed by atoms with van der Waals surface area (Å²) < 4.78 is 20.4. The summed E-state index contributed by atoms with van der Waals surface area (Å²) in [6.45, 7) is 5.47. The highest BCUT2D eigenvalue weighted by molar-refractivity contribution is 5.18. The smallest absolute Gasteiger partial charge is 0.123 e. The van der Waals surface area contributed by atoms with E-state index in [2.05, 4.69) is 15.5 Å². The van der Waals surface area contributed by atoms with Crippen LogP contribution in [0, 0.1) is 5.82 Å². The van der Waals surface area contributed by atoms with Gasteiger partial charge in [-0.3, -0.25) is 4.90 Å². The van der Waals surface area contributed by atoms with E-state index >= 15 is 0 Å². The summed E-state index contributed by atoms with van der Waals surface area (Å²) >= 11 is 0. The molecule has 132 valence electrons. The van der Waals surface area contributed by atoms with Crippen LogP contribution in [0.25, 0.3) is 0 Å². The molecule has 1 heterocycles. The molecule has 0 saturated carbocycles. The van der Waals surface area contributed by atoms with Gasteiger partial charge in [0.1, 0.15) is 5.82 Å². The predicted molar refractivity (Wildman–Crippen MR) is 93.4 cm³/mol. The van der Waals surface area contributed by atoms with Gasteiger partial charge in [0, 0.05) is 45.2 Å². The second-order valence-electron chi connectivity index (χ2n) is 6.04. The number of hydrogen-bond donors (Lipinski definition) is 1. The maximum absolute atomic E-state index is 13.0. The third-order valence-electron chi connectivity index (χ3n) is 4.13. The van der Waals surface area contributed by atoms with Gasteiger partial charge in [-0.2, -0.15) is 0 Å². The van der Waals surface area contributed by atoms with Crippen LogP contribution in [0.5, 0.6) is 0 Å². The van der Waals surface area contributed by atoms with E-state index in [-0.39, 0.29) is 11.9 Å². The number of halogens is 1. The number of benzene rings is 1. The first-order chi connectivity index (χ1) is 11.6. The monoisotopic (exact) mass is 334 g/mol. The number of hydrogen-bond acceptors (Lipinski definition) is 3. The van der Waals surface area contributed by atoms with Crippen molar-refractivity contribution < 1.29 is 14.2 Å². The van der Waals surface area contributed by atoms with E-state index in [1.165, 1.54) is 17.8 Å². The van der Waals surface area contributed by atoms with E-state index in [1.807, 2.05) is 31.3 Å². The number of nitrogens with zero attached hydrogens (tertiary/aromatic N) is 2. The van der Waals surface area contributed by atoms with Crippen LogP contribution in [0.4, 0.5) is 4.39 Å². The molecule has 2 rings (SSSR count). The molecule has 0 aliphatic heterocycles. The minimum atomic E-state index is -0.331. The summed E-state index contributed by atoms with van der Waals surface area (Å²) in [5.74, 6) is -0.217. The van der Waals surface area contributed by atoms with Gasteiger partial charge >= 0.3 is 0 Å². The van der Waals surface area contributed by atoms with Crippen LogP contribution in [0.2, 0.25) is 0 Å². The number of aromatic nitrogens is 1. The zero-order valence-corrected chi connectivity index (χ0v) is 14.5. The lowest BCUT2D eigenvalue weighted by Crippen LogP contribution is -2.34. The zero-order chi connectivity index (χ0) is 17.4. The van der Waals surface area contributed by atoms with Crippen molar-refractivity contribution in [1.82, 2.24) is 9.47 Å². The number of aliphatic hydroxyl groups is 1. The van der Waals surface area contributed by atoms with E-state index in [1.54, 1.807) is 7.11 Å². The Kier molecular flexibility index (Phi) is 7.43. The standard InChI is InChI=1S/C19H27FN2O2/c1-3-19(23)15-21(11-12-24-2)14-18-5-4-10-22(18)13-16-6-8-17(20)9-7-16/h4-10,19,23H,3,11-15H2,1-2H3. The SMILES string of the molecule is CCC(O)CN(CCOC)Cc1cccn1Cc1ccc(F)cc1. The Hall–Kier alpha value is -1.69. The van der Waals surface area contributed by atoms with Gasteiger partial charge in [-0.25, -0.2) is 4.39 Å². The molecular formula is C19H27FN2O2. The lowest BCUT2D eigenvalue weighted by atomic mass is 10.2. The van der Waals surface area contributed by atoms with Crippen LogP contribution in [0.15, 0.2) is 42.6 Å². The molecule has 1 aromatic heterocycles. The van der Waals surface area contributed by atoms with Gasteiger partial charge in [-0.05, 0) is 36.2 Å². The fourth-order valence-corrected chi connectivity index (χ4v) is 2.65. The topological polar surface area (TPSA) is 37.6 Å². The van der Waals surface area contributed by atoms with E-state index in [4.69, 9.17) is 4.74 Å². The molecule has 0 spiro atoms. The molecular weight excluding hydrogens is 307 g/mol. The fraction of sp³-hybridized carbons (Fsp3) is 0.474. The molecule has 1 atom stereocenters. The Labute approximate surface area is 143 Å². The largest absolute Gasteiger partial charge is 0.392 e. The van der Waals surface area contributed by atoms with Crippen molar-refractivity contribution in [2.75, 3.05) is 26.8 Å². The molecule has 1 aromatic carbocycles. The van der Waals surface area contributed by atoms with E-state index in [0.29, 0.717) is 19.7 Å². The van der Waals surface area contributed by atoms with Crippen LogP contribution in [0.3, 0.4) is 0 Å². The quantitative estimate of drug-likeness (QED) is 0.726. The Morgan fingerprint density at radius 3 is 2.67 bits per heavy atom. The van der Waals surface area contributed by atoms with Crippen LogP contribution < -0.4 is 0 Å². The lowest BCUT2D eigenvalue weighted by Gasteiger charge is -2.25. The summed E-state index contributed by atoms with van der Waals surface area (Å²) in [6.07, 6.45) is 2.44. The summed E-state index contributed by atoms with van der Waals surface area (Å²) in [6, 6.07) is 10.7. The summed E-state index contributed by atoms with van der Waals surface area (Å²) in [5, 5.41) is 9.96. The number of aliphatic hydroxyl groups excluding tert-OH is 1. The van der Waals surface area contributed by atoms with E-state index < -0.39 is 0 Å². The highest BCUT2D eigenvalue weighted by Crippen LogP contribution is 2.12. The van der Waals surface area contributed by atoms with Gasteiger partial charge in [0.2, 0.25) is 0 Å². The molecule has 2 aromatic rings. The summed E-state index contributed by atoms with van der Waals surface area (Å²) in [5.41, 5.74) is 2.23. The van der Waals surface area contributed by atoms with Gasteiger partial charge < -0.3 is 14.4 Å². The maximum atomic E-state index is 13.0. The van der Waals surface area contributed by atoms with Crippen molar-refractivity contribution in [3.63, 3.8) is 0 Å². The van der Waals surface area contributed by atoms with Gasteiger partial charge in [0.05, 0.1) is 12.7 Å². The highest BCUT2D eigenvalue weighted by Gasteiger charge is 2.13. The molecule has 0 radical (unpaired) electrons. The van der Waals surface area contributed by atoms with Crippen LogP contribution in [0.1, 0.15) is 24.6 Å². The van der Waals surface area contributed by atoms with Gasteiger partial charge in [0.25, 0.3) is 0 Å². The molecule has 4 nitrogen and oxygen atoms in total. The van der Waals surface area contributed by atoms with Crippen LogP contribution in [-0.4, -0.2) is 47.5 Å². The Bertz CT molecular complexity index is 598. The van der Waals surface area contributed by atoms with Crippen molar-refractivity contribution in [3.8, 4) is 0 Å². The Morgan fingerprint density at radius 1 is 1.25 bits per heavy atom. The number of methoxy groups -OCH3 is 1. The molecule has 0 fully saturated rings. The van der Waals surface area contributed by atoms with Crippen molar-refractivity contribution in [2.24, 2.45) is 0 Å². The Morgan fingerprint density at radius 2 is 2.00 bits per heavy atom. The van der Waals surface area contributed by atoms with Crippen LogP contribution in [-0.2, 0) is 17.8 Å². The van der Waals surface area contributed by atoms with E-state index in [9.17, 15) is 9.50 Å². The molecule has 1 unspecified atom stereocenters. The first-order valence-electron chi connectivity index (χ1n) is 8.40. The summed E-state index contributed by atoms with van der Waals surface area (Å²) in [7, 11) is 1.69. The second kappa shape index (κ2) is 9.57. The molecule has 0 aliphatic carbocycles. The molecule has 0 bridgehead atoms. The second-order valence-corrected chi connectivity index (χ2v) is 6.04. The van der Waals surface area contributed by atoms with Gasteiger partial charge in [-0.1, -0.05) is 19.1 Å². The number of rotatable bonds is 10. The normalized spacial score (nSPS) is 12.7. The van der Waals surface area contributed by atoms with Crippen LogP contribution >= 0.6 is 0 Å². The molecule has 0 saturated heterocycles. The lowest BCUT2D eigenvalue weighted by molar-refractivity contribution is 0.0818. The predicted octanol–water partition coefficient (Wildman–Crippen LogP) is 2.89. The average molecular weight is 334 g/mol. The number of ether oxygens (including phenoxy) is 1. The highest BCUT2D eigenvalue weighted by atomic mass is 19.1. The van der Waals surface area contributed by atoms with Gasteiger partial charge in [-0.15, -0.1) is 0 Å². The molecule has 24 heavy (non-hydrogen) atoms. The third-order valence-corrected chi connectivity index (χ3v) is 4.13. The molecule has 0 amide bonds. The molecule has 5 heteroatoms. The van der Waals surface area contributed by atoms with Gasteiger partial charge in [0.15, 0.2) is 0 Å². The minimum Gasteiger partial charge on any atom is -0.392 e. The third kappa shape index (κ3) is 5.74. The molecule has 1 N–H and O–H groups in total. The van der Waals surface area contributed by atoms with E-state index in [0.717, 1.165) is 25.1 Å². The van der Waals surface area contributed by atoms with Crippen molar-refractivity contribution in [3.05, 3.63) is 59.7 Å². The first-order valence-corrected chi connectivity index (χ1v) is 8.40. The Balaban J connectivity index is 2.04. The summed E-state index contributed by atoms with van der Waals surface area (Å²) in [4.78, 5) is 2.20. The van der Waals surface area contributed by atoms with Crippen molar-refractivity contribution >= 4 is 0 Å².